The number of nitrogens with zero attached hydrogens (tertiary/aromatic N) is 4. The average Bonchev–Trinajstić information content (AvgIpc) is 2.98. The summed E-state index contributed by atoms with van der Waals surface area (Å²) >= 11 is 0. The van der Waals surface area contributed by atoms with Crippen LogP contribution >= 0.6 is 0 Å². The Bertz CT molecular complexity index is 497. The number of hydrogen-bond acceptors (Lipinski definition) is 4. The van der Waals surface area contributed by atoms with Crippen molar-refractivity contribution in [3.63, 3.8) is 0 Å². The summed E-state index contributed by atoms with van der Waals surface area (Å²) in [7, 11) is 0. The molecular weight excluding hydrogens is 190 g/mol. The largest absolute Gasteiger partial charge is 0.319 e. The van der Waals surface area contributed by atoms with Crippen molar-refractivity contribution in [2.75, 3.05) is 0 Å². The third kappa shape index (κ3) is 1.23. The zero-order valence-electron chi connectivity index (χ0n) is 8.59. The monoisotopic (exact) mass is 203 g/mol. The first-order chi connectivity index (χ1) is 7.19. The quantitative estimate of drug-likeness (QED) is 0.780. The summed E-state index contributed by atoms with van der Waals surface area (Å²) in [5.74, 6) is 1.38. The summed E-state index contributed by atoms with van der Waals surface area (Å²) in [6.45, 7) is 2.03. The first kappa shape index (κ1) is 8.79. The molecule has 2 heterocycles. The normalized spacial score (nSPS) is 20.4. The van der Waals surface area contributed by atoms with Crippen LogP contribution in [0.2, 0.25) is 0 Å². The maximum absolute atomic E-state index is 6.31. The van der Waals surface area contributed by atoms with Crippen LogP contribution in [0.4, 0.5) is 0 Å². The van der Waals surface area contributed by atoms with Crippen LogP contribution in [0.25, 0.3) is 5.65 Å². The highest BCUT2D eigenvalue weighted by Gasteiger charge is 2.42. The van der Waals surface area contributed by atoms with Crippen LogP contribution in [0.15, 0.2) is 18.6 Å². The van der Waals surface area contributed by atoms with Gasteiger partial charge in [-0.25, -0.2) is 0 Å². The molecule has 0 amide bonds. The minimum Gasteiger partial charge on any atom is -0.319 e. The van der Waals surface area contributed by atoms with E-state index in [-0.39, 0.29) is 5.54 Å². The van der Waals surface area contributed by atoms with Crippen molar-refractivity contribution >= 4 is 5.65 Å². The topological polar surface area (TPSA) is 69.1 Å². The summed E-state index contributed by atoms with van der Waals surface area (Å²) < 4.78 is 1.92. The molecule has 5 heteroatoms. The van der Waals surface area contributed by atoms with Gasteiger partial charge in [0, 0.05) is 12.4 Å². The fourth-order valence-electron chi connectivity index (χ4n) is 1.99. The second kappa shape index (κ2) is 2.76. The first-order valence-electron chi connectivity index (χ1n) is 5.13. The fraction of sp³-hybridized carbons (Fsp3) is 0.500. The molecule has 0 spiro atoms. The van der Waals surface area contributed by atoms with E-state index in [0.717, 1.165) is 11.5 Å². The Kier molecular flexibility index (Phi) is 1.62. The van der Waals surface area contributed by atoms with Crippen molar-refractivity contribution in [3.05, 3.63) is 24.4 Å². The molecule has 1 atom stereocenters. The molecule has 1 fully saturated rings. The van der Waals surface area contributed by atoms with Gasteiger partial charge in [-0.1, -0.05) is 0 Å². The third-order valence-corrected chi connectivity index (χ3v) is 3.12. The second-order valence-corrected chi connectivity index (χ2v) is 4.39. The fourth-order valence-corrected chi connectivity index (χ4v) is 1.99. The van der Waals surface area contributed by atoms with Crippen molar-refractivity contribution < 1.29 is 0 Å². The maximum atomic E-state index is 6.31. The van der Waals surface area contributed by atoms with Gasteiger partial charge in [0.25, 0.3) is 0 Å². The SMILES string of the molecule is CC(N)(c1nnc2cnccn12)C1CC1. The number of nitrogens with two attached hydrogens (primary N) is 1. The molecule has 1 aliphatic rings. The molecule has 3 rings (SSSR count). The average molecular weight is 203 g/mol. The lowest BCUT2D eigenvalue weighted by molar-refractivity contribution is 0.396. The molecule has 0 aliphatic heterocycles. The predicted molar refractivity (Wildman–Crippen MR) is 55.0 cm³/mol. The van der Waals surface area contributed by atoms with E-state index in [0.29, 0.717) is 5.92 Å². The summed E-state index contributed by atoms with van der Waals surface area (Å²) in [6.07, 6.45) is 7.65. The number of aromatic nitrogens is 4. The van der Waals surface area contributed by atoms with Gasteiger partial charge in [0.2, 0.25) is 0 Å². The van der Waals surface area contributed by atoms with Gasteiger partial charge >= 0.3 is 0 Å². The standard InChI is InChI=1S/C10H13N5/c1-10(11,7-2-3-7)9-14-13-8-6-12-4-5-15(8)9/h4-7H,2-3,11H2,1H3. The zero-order valence-corrected chi connectivity index (χ0v) is 8.59. The molecule has 0 bridgehead atoms. The second-order valence-electron chi connectivity index (χ2n) is 4.39. The van der Waals surface area contributed by atoms with Gasteiger partial charge in [0.1, 0.15) is 0 Å². The predicted octanol–water partition coefficient (Wildman–Crippen LogP) is 0.708. The molecule has 78 valence electrons. The minimum absolute atomic E-state index is 0.374. The molecule has 2 aromatic heterocycles. The highest BCUT2D eigenvalue weighted by Crippen LogP contribution is 2.42. The van der Waals surface area contributed by atoms with Crippen molar-refractivity contribution in [1.29, 1.82) is 0 Å². The Balaban J connectivity index is 2.18. The molecule has 1 aliphatic carbocycles. The van der Waals surface area contributed by atoms with E-state index in [1.54, 1.807) is 12.4 Å². The number of fused-ring (bicyclic) bond motifs is 1. The highest BCUT2D eigenvalue weighted by atomic mass is 15.3. The van der Waals surface area contributed by atoms with E-state index in [4.69, 9.17) is 5.73 Å². The number of rotatable bonds is 2. The lowest BCUT2D eigenvalue weighted by atomic mass is 9.96. The van der Waals surface area contributed by atoms with Crippen LogP contribution in [0.3, 0.4) is 0 Å². The van der Waals surface area contributed by atoms with E-state index in [1.807, 2.05) is 17.5 Å². The lowest BCUT2D eigenvalue weighted by Gasteiger charge is -2.21. The van der Waals surface area contributed by atoms with Crippen LogP contribution in [0.5, 0.6) is 0 Å². The van der Waals surface area contributed by atoms with Gasteiger partial charge in [-0.05, 0) is 25.7 Å². The van der Waals surface area contributed by atoms with Crippen LogP contribution in [-0.2, 0) is 5.54 Å². The van der Waals surface area contributed by atoms with Crippen LogP contribution in [-0.4, -0.2) is 19.6 Å². The molecule has 0 radical (unpaired) electrons. The van der Waals surface area contributed by atoms with Crippen LogP contribution in [0, 0.1) is 5.92 Å². The number of hydrogen-bond donors (Lipinski definition) is 1. The van der Waals surface area contributed by atoms with Gasteiger partial charge in [0.15, 0.2) is 11.5 Å². The Morgan fingerprint density at radius 3 is 3.00 bits per heavy atom. The van der Waals surface area contributed by atoms with Gasteiger partial charge in [-0.15, -0.1) is 10.2 Å². The highest BCUT2D eigenvalue weighted by molar-refractivity contribution is 5.35. The van der Waals surface area contributed by atoms with Crippen LogP contribution < -0.4 is 5.73 Å². The van der Waals surface area contributed by atoms with Crippen LogP contribution in [0.1, 0.15) is 25.6 Å². The lowest BCUT2D eigenvalue weighted by Crippen LogP contribution is -2.37. The van der Waals surface area contributed by atoms with E-state index >= 15 is 0 Å². The van der Waals surface area contributed by atoms with E-state index in [2.05, 4.69) is 15.2 Å². The maximum Gasteiger partial charge on any atom is 0.179 e. The third-order valence-electron chi connectivity index (χ3n) is 3.12. The molecule has 5 nitrogen and oxygen atoms in total. The Labute approximate surface area is 87.3 Å². The molecule has 0 saturated heterocycles. The molecule has 2 aromatic rings. The summed E-state index contributed by atoms with van der Waals surface area (Å²) in [5, 5.41) is 8.24. The summed E-state index contributed by atoms with van der Waals surface area (Å²) in [6, 6.07) is 0. The molecule has 2 N–H and O–H groups in total. The van der Waals surface area contributed by atoms with E-state index < -0.39 is 0 Å². The Hall–Kier alpha value is -1.49. The Morgan fingerprint density at radius 2 is 2.27 bits per heavy atom. The molecule has 15 heavy (non-hydrogen) atoms. The summed E-state index contributed by atoms with van der Waals surface area (Å²) in [4.78, 5) is 4.00. The summed E-state index contributed by atoms with van der Waals surface area (Å²) in [5.41, 5.74) is 6.69. The smallest absolute Gasteiger partial charge is 0.179 e. The Morgan fingerprint density at radius 1 is 1.47 bits per heavy atom. The zero-order chi connectivity index (χ0) is 10.5. The van der Waals surface area contributed by atoms with Crippen molar-refractivity contribution in [2.24, 2.45) is 11.7 Å². The van der Waals surface area contributed by atoms with E-state index in [1.165, 1.54) is 12.8 Å². The first-order valence-corrected chi connectivity index (χ1v) is 5.13. The van der Waals surface area contributed by atoms with Crippen molar-refractivity contribution in [3.8, 4) is 0 Å². The molecule has 1 unspecified atom stereocenters. The van der Waals surface area contributed by atoms with Gasteiger partial charge in [-0.3, -0.25) is 9.38 Å². The molecule has 1 saturated carbocycles. The molecule has 0 aromatic carbocycles. The van der Waals surface area contributed by atoms with Crippen molar-refractivity contribution in [2.45, 2.75) is 25.3 Å². The van der Waals surface area contributed by atoms with Gasteiger partial charge in [-0.2, -0.15) is 0 Å². The van der Waals surface area contributed by atoms with Gasteiger partial charge < -0.3 is 5.73 Å². The van der Waals surface area contributed by atoms with E-state index in [9.17, 15) is 0 Å². The van der Waals surface area contributed by atoms with Crippen molar-refractivity contribution in [1.82, 2.24) is 19.6 Å². The molecular formula is C10H13N5. The van der Waals surface area contributed by atoms with Gasteiger partial charge in [0.05, 0.1) is 11.7 Å². The minimum atomic E-state index is -0.374.